The molecule has 0 bridgehead atoms. The lowest BCUT2D eigenvalue weighted by Gasteiger charge is -2.10. The van der Waals surface area contributed by atoms with Gasteiger partial charge < -0.3 is 0 Å². The SMILES string of the molecule is Cc1cc([N+](=O)[O-])ccc1C(=O)NNc1c(C#N)c(C)nn1C. The monoisotopic (exact) mass is 314 g/mol. The van der Waals surface area contributed by atoms with Gasteiger partial charge in [-0.3, -0.25) is 30.4 Å². The summed E-state index contributed by atoms with van der Waals surface area (Å²) in [7, 11) is 1.64. The van der Waals surface area contributed by atoms with Gasteiger partial charge in [-0.1, -0.05) is 0 Å². The number of rotatable bonds is 4. The zero-order chi connectivity index (χ0) is 17.1. The molecular weight excluding hydrogens is 300 g/mol. The minimum Gasteiger partial charge on any atom is -0.281 e. The van der Waals surface area contributed by atoms with Gasteiger partial charge in [-0.15, -0.1) is 0 Å². The molecule has 1 aromatic heterocycles. The molecule has 0 aliphatic heterocycles. The summed E-state index contributed by atoms with van der Waals surface area (Å²) in [4.78, 5) is 22.4. The maximum atomic E-state index is 12.2. The number of hydrazine groups is 1. The number of nitriles is 1. The van der Waals surface area contributed by atoms with Crippen LogP contribution in [-0.4, -0.2) is 20.6 Å². The van der Waals surface area contributed by atoms with Gasteiger partial charge in [-0.2, -0.15) is 10.4 Å². The van der Waals surface area contributed by atoms with Crippen LogP contribution in [0.5, 0.6) is 0 Å². The Labute approximate surface area is 131 Å². The summed E-state index contributed by atoms with van der Waals surface area (Å²) < 4.78 is 1.44. The molecule has 0 atom stereocenters. The average Bonchev–Trinajstić information content (AvgIpc) is 2.77. The highest BCUT2D eigenvalue weighted by Crippen LogP contribution is 2.18. The first-order valence-electron chi connectivity index (χ1n) is 6.60. The van der Waals surface area contributed by atoms with Gasteiger partial charge in [-0.05, 0) is 25.5 Å². The van der Waals surface area contributed by atoms with Crippen LogP contribution < -0.4 is 10.9 Å². The Morgan fingerprint density at radius 1 is 1.43 bits per heavy atom. The number of carbonyl (C=O) groups is 1. The van der Waals surface area contributed by atoms with E-state index in [4.69, 9.17) is 5.26 Å². The molecule has 0 aliphatic carbocycles. The van der Waals surface area contributed by atoms with Crippen LogP contribution in [0.15, 0.2) is 18.2 Å². The minimum atomic E-state index is -0.523. The summed E-state index contributed by atoms with van der Waals surface area (Å²) in [6.45, 7) is 3.29. The summed E-state index contributed by atoms with van der Waals surface area (Å²) in [5, 5.41) is 23.9. The predicted octanol–water partition coefficient (Wildman–Crippen LogP) is 1.57. The molecule has 0 radical (unpaired) electrons. The zero-order valence-corrected chi connectivity index (χ0v) is 12.7. The average molecular weight is 314 g/mol. The number of hydrogen-bond acceptors (Lipinski definition) is 6. The summed E-state index contributed by atoms with van der Waals surface area (Å²) >= 11 is 0. The lowest BCUT2D eigenvalue weighted by atomic mass is 10.1. The largest absolute Gasteiger partial charge is 0.281 e. The summed E-state index contributed by atoms with van der Waals surface area (Å²) in [5.74, 6) is -0.113. The van der Waals surface area contributed by atoms with E-state index in [0.29, 0.717) is 28.2 Å². The molecule has 23 heavy (non-hydrogen) atoms. The van der Waals surface area contributed by atoms with Crippen molar-refractivity contribution >= 4 is 17.4 Å². The van der Waals surface area contributed by atoms with E-state index in [0.717, 1.165) is 0 Å². The molecule has 1 aromatic carbocycles. The normalized spacial score (nSPS) is 10.0. The molecule has 1 heterocycles. The van der Waals surface area contributed by atoms with E-state index >= 15 is 0 Å². The number of nitrogens with one attached hydrogen (secondary N) is 2. The first kappa shape index (κ1) is 16.0. The van der Waals surface area contributed by atoms with Gasteiger partial charge in [0.15, 0.2) is 5.82 Å². The van der Waals surface area contributed by atoms with Crippen molar-refractivity contribution in [3.63, 3.8) is 0 Å². The van der Waals surface area contributed by atoms with Gasteiger partial charge in [0.05, 0.1) is 10.6 Å². The van der Waals surface area contributed by atoms with Crippen molar-refractivity contribution in [1.82, 2.24) is 15.2 Å². The van der Waals surface area contributed by atoms with Crippen LogP contribution in [0.25, 0.3) is 0 Å². The van der Waals surface area contributed by atoms with Crippen molar-refractivity contribution in [2.45, 2.75) is 13.8 Å². The minimum absolute atomic E-state index is 0.0824. The predicted molar refractivity (Wildman–Crippen MR) is 81.6 cm³/mol. The number of nitro benzene ring substituents is 1. The highest BCUT2D eigenvalue weighted by atomic mass is 16.6. The van der Waals surface area contributed by atoms with E-state index in [-0.39, 0.29) is 5.69 Å². The molecule has 0 spiro atoms. The molecule has 0 saturated heterocycles. The lowest BCUT2D eigenvalue weighted by Crippen LogP contribution is -2.31. The third kappa shape index (κ3) is 3.11. The van der Waals surface area contributed by atoms with Crippen molar-refractivity contribution in [3.05, 3.63) is 50.7 Å². The molecule has 2 aromatic rings. The number of nitrogens with zero attached hydrogens (tertiary/aromatic N) is 4. The molecule has 118 valence electrons. The van der Waals surface area contributed by atoms with Crippen LogP contribution in [0.3, 0.4) is 0 Å². The number of hydrogen-bond donors (Lipinski definition) is 2. The topological polar surface area (TPSA) is 126 Å². The number of carbonyl (C=O) groups excluding carboxylic acids is 1. The lowest BCUT2D eigenvalue weighted by molar-refractivity contribution is -0.384. The third-order valence-corrected chi connectivity index (χ3v) is 3.29. The van der Waals surface area contributed by atoms with Crippen LogP contribution >= 0.6 is 0 Å². The van der Waals surface area contributed by atoms with Gasteiger partial charge in [0, 0.05) is 24.7 Å². The molecule has 2 N–H and O–H groups in total. The van der Waals surface area contributed by atoms with Crippen LogP contribution in [0.1, 0.15) is 27.2 Å². The van der Waals surface area contributed by atoms with Gasteiger partial charge in [0.1, 0.15) is 11.6 Å². The Morgan fingerprint density at radius 2 is 2.13 bits per heavy atom. The second kappa shape index (κ2) is 6.15. The van der Waals surface area contributed by atoms with E-state index in [9.17, 15) is 14.9 Å². The Balaban J connectivity index is 2.18. The molecule has 0 fully saturated rings. The van der Waals surface area contributed by atoms with E-state index in [1.807, 2.05) is 6.07 Å². The fourth-order valence-corrected chi connectivity index (χ4v) is 2.13. The Kier molecular flexibility index (Phi) is 4.27. The van der Waals surface area contributed by atoms with Gasteiger partial charge in [-0.25, -0.2) is 0 Å². The highest BCUT2D eigenvalue weighted by Gasteiger charge is 2.16. The second-order valence-electron chi connectivity index (χ2n) is 4.88. The van der Waals surface area contributed by atoms with E-state index in [1.165, 1.54) is 22.9 Å². The number of amides is 1. The zero-order valence-electron chi connectivity index (χ0n) is 12.7. The molecule has 0 aliphatic rings. The third-order valence-electron chi connectivity index (χ3n) is 3.29. The standard InChI is InChI=1S/C14H14N6O3/c1-8-6-10(20(22)23)4-5-11(8)14(21)17-16-13-12(7-15)9(2)18-19(13)3/h4-6,16H,1-3H3,(H,17,21). The van der Waals surface area contributed by atoms with Crippen LogP contribution in [0.4, 0.5) is 11.5 Å². The molecule has 0 saturated carbocycles. The number of non-ortho nitro benzene ring substituents is 1. The summed E-state index contributed by atoms with van der Waals surface area (Å²) in [6, 6.07) is 5.97. The first-order valence-corrected chi connectivity index (χ1v) is 6.60. The van der Waals surface area contributed by atoms with E-state index in [1.54, 1.807) is 20.9 Å². The van der Waals surface area contributed by atoms with E-state index in [2.05, 4.69) is 16.0 Å². The molecule has 2 rings (SSSR count). The Bertz CT molecular complexity index is 834. The Morgan fingerprint density at radius 3 is 2.70 bits per heavy atom. The number of anilines is 1. The summed E-state index contributed by atoms with van der Waals surface area (Å²) in [5.41, 5.74) is 6.67. The fraction of sp³-hybridized carbons (Fsp3) is 0.214. The smallest absolute Gasteiger partial charge is 0.269 e. The molecule has 0 unspecified atom stereocenters. The maximum Gasteiger partial charge on any atom is 0.269 e. The second-order valence-corrected chi connectivity index (χ2v) is 4.88. The van der Waals surface area contributed by atoms with Gasteiger partial charge >= 0.3 is 0 Å². The van der Waals surface area contributed by atoms with Crippen molar-refractivity contribution in [3.8, 4) is 6.07 Å². The molecule has 9 heteroatoms. The first-order chi connectivity index (χ1) is 10.8. The maximum absolute atomic E-state index is 12.2. The van der Waals surface area contributed by atoms with Crippen molar-refractivity contribution in [2.24, 2.45) is 7.05 Å². The fourth-order valence-electron chi connectivity index (χ4n) is 2.13. The highest BCUT2D eigenvalue weighted by molar-refractivity contribution is 5.96. The number of aryl methyl sites for hydroxylation is 3. The van der Waals surface area contributed by atoms with Crippen LogP contribution in [0, 0.1) is 35.3 Å². The van der Waals surface area contributed by atoms with E-state index < -0.39 is 10.8 Å². The van der Waals surface area contributed by atoms with Gasteiger partial charge in [0.25, 0.3) is 11.6 Å². The van der Waals surface area contributed by atoms with Crippen molar-refractivity contribution in [1.29, 1.82) is 5.26 Å². The van der Waals surface area contributed by atoms with Crippen LogP contribution in [0.2, 0.25) is 0 Å². The number of benzene rings is 1. The molecule has 1 amide bonds. The van der Waals surface area contributed by atoms with Crippen molar-refractivity contribution < 1.29 is 9.72 Å². The number of aromatic nitrogens is 2. The Hall–Kier alpha value is -3.41. The quantitative estimate of drug-likeness (QED) is 0.651. The van der Waals surface area contributed by atoms with Gasteiger partial charge in [0.2, 0.25) is 0 Å². The number of nitro groups is 1. The molecular formula is C14H14N6O3. The van der Waals surface area contributed by atoms with Crippen molar-refractivity contribution in [2.75, 3.05) is 5.43 Å². The van der Waals surface area contributed by atoms with Crippen LogP contribution in [-0.2, 0) is 7.05 Å². The molecule has 9 nitrogen and oxygen atoms in total. The summed E-state index contributed by atoms with van der Waals surface area (Å²) in [6.07, 6.45) is 0.